The Morgan fingerprint density at radius 1 is 1.03 bits per heavy atom. The number of likely N-dealkylation sites (tertiary alicyclic amines) is 1. The molecule has 1 heterocycles. The van der Waals surface area contributed by atoms with Gasteiger partial charge in [-0.05, 0) is 43.0 Å². The van der Waals surface area contributed by atoms with Crippen LogP contribution in [0.2, 0.25) is 0 Å². The molecule has 0 aromatic heterocycles. The predicted molar refractivity (Wildman–Crippen MR) is 113 cm³/mol. The van der Waals surface area contributed by atoms with Gasteiger partial charge >= 0.3 is 6.18 Å². The van der Waals surface area contributed by atoms with Crippen molar-refractivity contribution in [3.05, 3.63) is 71.3 Å². The van der Waals surface area contributed by atoms with E-state index in [-0.39, 0.29) is 24.3 Å². The van der Waals surface area contributed by atoms with E-state index < -0.39 is 11.7 Å². The highest BCUT2D eigenvalue weighted by molar-refractivity contribution is 5.94. The van der Waals surface area contributed by atoms with Crippen LogP contribution in [0.5, 0.6) is 0 Å². The Bertz CT molecular complexity index is 891. The second-order valence-electron chi connectivity index (χ2n) is 7.85. The van der Waals surface area contributed by atoms with Crippen LogP contribution in [0, 0.1) is 0 Å². The number of benzene rings is 2. The number of alkyl halides is 3. The Balaban J connectivity index is 1.63. The molecule has 166 valence electrons. The van der Waals surface area contributed by atoms with Gasteiger partial charge in [-0.2, -0.15) is 13.2 Å². The molecule has 1 aliphatic rings. The topological polar surface area (TPSA) is 40.6 Å². The molecule has 0 atom stereocenters. The lowest BCUT2D eigenvalue weighted by Gasteiger charge is -2.38. The van der Waals surface area contributed by atoms with E-state index in [1.165, 1.54) is 6.07 Å². The van der Waals surface area contributed by atoms with Crippen LogP contribution in [-0.4, -0.2) is 47.3 Å². The second-order valence-corrected chi connectivity index (χ2v) is 7.85. The van der Waals surface area contributed by atoms with Crippen LogP contribution < -0.4 is 0 Å². The van der Waals surface area contributed by atoms with Gasteiger partial charge in [0, 0.05) is 31.2 Å². The summed E-state index contributed by atoms with van der Waals surface area (Å²) in [5, 5.41) is 0. The van der Waals surface area contributed by atoms with Gasteiger partial charge in [0.2, 0.25) is 5.91 Å². The molecule has 2 aromatic carbocycles. The summed E-state index contributed by atoms with van der Waals surface area (Å²) in [6.45, 7) is 3.62. The fourth-order valence-electron chi connectivity index (χ4n) is 4.03. The molecule has 0 N–H and O–H groups in total. The average Bonchev–Trinajstić information content (AvgIpc) is 2.77. The van der Waals surface area contributed by atoms with Gasteiger partial charge < -0.3 is 9.80 Å². The van der Waals surface area contributed by atoms with Crippen molar-refractivity contribution in [1.29, 1.82) is 0 Å². The third kappa shape index (κ3) is 5.87. The van der Waals surface area contributed by atoms with Crippen molar-refractivity contribution < 1.29 is 22.8 Å². The minimum Gasteiger partial charge on any atom is -0.339 e. The molecule has 7 heteroatoms. The largest absolute Gasteiger partial charge is 0.416 e. The minimum absolute atomic E-state index is 0.0157. The summed E-state index contributed by atoms with van der Waals surface area (Å²) in [6, 6.07) is 14.0. The molecule has 0 unspecified atom stereocenters. The Hall–Kier alpha value is -2.83. The van der Waals surface area contributed by atoms with Crippen molar-refractivity contribution in [3.8, 4) is 0 Å². The van der Waals surface area contributed by atoms with Crippen LogP contribution in [-0.2, 0) is 17.4 Å². The molecule has 0 bridgehead atoms. The molecule has 31 heavy (non-hydrogen) atoms. The van der Waals surface area contributed by atoms with Crippen molar-refractivity contribution in [2.24, 2.45) is 0 Å². The summed E-state index contributed by atoms with van der Waals surface area (Å²) in [7, 11) is 0. The van der Waals surface area contributed by atoms with E-state index in [9.17, 15) is 22.8 Å². The molecule has 0 aliphatic carbocycles. The summed E-state index contributed by atoms with van der Waals surface area (Å²) in [4.78, 5) is 29.2. The molecule has 2 aromatic rings. The SMILES string of the molecule is CCCN(C(=O)Cc1cccc(C(F)(F)F)c1)C1CCN(C(=O)c2ccccc2)CC1. The summed E-state index contributed by atoms with van der Waals surface area (Å²) in [5.41, 5.74) is 0.261. The number of amides is 2. The van der Waals surface area contributed by atoms with Crippen LogP contribution >= 0.6 is 0 Å². The van der Waals surface area contributed by atoms with Gasteiger partial charge in [-0.15, -0.1) is 0 Å². The zero-order valence-electron chi connectivity index (χ0n) is 17.6. The first-order valence-corrected chi connectivity index (χ1v) is 10.6. The van der Waals surface area contributed by atoms with Gasteiger partial charge in [0.15, 0.2) is 0 Å². The number of carbonyl (C=O) groups excluding carboxylic acids is 2. The third-order valence-corrected chi connectivity index (χ3v) is 5.61. The monoisotopic (exact) mass is 432 g/mol. The molecule has 0 radical (unpaired) electrons. The molecule has 0 saturated carbocycles. The maximum absolute atomic E-state index is 13.0. The molecular formula is C24H27F3N2O2. The second kappa shape index (κ2) is 9.98. The van der Waals surface area contributed by atoms with Crippen LogP contribution in [0.4, 0.5) is 13.2 Å². The molecule has 2 amide bonds. The first-order valence-electron chi connectivity index (χ1n) is 10.6. The van der Waals surface area contributed by atoms with Gasteiger partial charge in [-0.3, -0.25) is 9.59 Å². The third-order valence-electron chi connectivity index (χ3n) is 5.61. The quantitative estimate of drug-likeness (QED) is 0.659. The van der Waals surface area contributed by atoms with Gasteiger partial charge in [-0.1, -0.05) is 43.3 Å². The number of hydrogen-bond donors (Lipinski definition) is 0. The smallest absolute Gasteiger partial charge is 0.339 e. The summed E-state index contributed by atoms with van der Waals surface area (Å²) < 4.78 is 38.9. The van der Waals surface area contributed by atoms with Crippen molar-refractivity contribution in [1.82, 2.24) is 9.80 Å². The number of nitrogens with zero attached hydrogens (tertiary/aromatic N) is 2. The van der Waals surface area contributed by atoms with E-state index in [0.29, 0.717) is 43.6 Å². The average molecular weight is 432 g/mol. The summed E-state index contributed by atoms with van der Waals surface area (Å²) in [6.07, 6.45) is -2.41. The molecular weight excluding hydrogens is 405 g/mol. The van der Waals surface area contributed by atoms with Crippen LogP contribution in [0.15, 0.2) is 54.6 Å². The Morgan fingerprint density at radius 2 is 1.71 bits per heavy atom. The summed E-state index contributed by atoms with van der Waals surface area (Å²) >= 11 is 0. The Kier molecular flexibility index (Phi) is 7.36. The highest BCUT2D eigenvalue weighted by atomic mass is 19.4. The van der Waals surface area contributed by atoms with Gasteiger partial charge in [0.1, 0.15) is 0 Å². The van der Waals surface area contributed by atoms with Crippen molar-refractivity contribution in [3.63, 3.8) is 0 Å². The lowest BCUT2D eigenvalue weighted by atomic mass is 10.00. The van der Waals surface area contributed by atoms with E-state index in [0.717, 1.165) is 18.6 Å². The van der Waals surface area contributed by atoms with Crippen LogP contribution in [0.25, 0.3) is 0 Å². The first-order chi connectivity index (χ1) is 14.8. The zero-order chi connectivity index (χ0) is 22.4. The van der Waals surface area contributed by atoms with E-state index in [1.54, 1.807) is 28.0 Å². The molecule has 0 spiro atoms. The summed E-state index contributed by atoms with van der Waals surface area (Å²) in [5.74, 6) is -0.189. The standard InChI is InChI=1S/C24H27F3N2O2/c1-2-13-29(22(30)17-18-7-6-10-20(16-18)24(25,26)27)21-11-14-28(15-12-21)23(31)19-8-4-3-5-9-19/h3-10,16,21H,2,11-15,17H2,1H3. The normalized spacial score (nSPS) is 15.0. The highest BCUT2D eigenvalue weighted by Crippen LogP contribution is 2.30. The predicted octanol–water partition coefficient (Wildman–Crippen LogP) is 4.79. The fourth-order valence-corrected chi connectivity index (χ4v) is 4.03. The lowest BCUT2D eigenvalue weighted by molar-refractivity contribution is -0.138. The minimum atomic E-state index is -4.43. The molecule has 3 rings (SSSR count). The molecule has 1 fully saturated rings. The van der Waals surface area contributed by atoms with Crippen molar-refractivity contribution in [2.75, 3.05) is 19.6 Å². The lowest BCUT2D eigenvalue weighted by Crippen LogP contribution is -2.49. The van der Waals surface area contributed by atoms with Crippen LogP contribution in [0.1, 0.15) is 47.7 Å². The van der Waals surface area contributed by atoms with Gasteiger partial charge in [-0.25, -0.2) is 0 Å². The maximum atomic E-state index is 13.0. The Labute approximate surface area is 180 Å². The van der Waals surface area contributed by atoms with Gasteiger partial charge in [0.25, 0.3) is 5.91 Å². The maximum Gasteiger partial charge on any atom is 0.416 e. The fraction of sp³-hybridized carbons (Fsp3) is 0.417. The van der Waals surface area contributed by atoms with Crippen molar-refractivity contribution >= 4 is 11.8 Å². The molecule has 4 nitrogen and oxygen atoms in total. The van der Waals surface area contributed by atoms with Crippen molar-refractivity contribution in [2.45, 2.75) is 44.8 Å². The number of rotatable bonds is 6. The highest BCUT2D eigenvalue weighted by Gasteiger charge is 2.32. The first kappa shape index (κ1) is 22.8. The van der Waals surface area contributed by atoms with Crippen LogP contribution in [0.3, 0.4) is 0 Å². The van der Waals surface area contributed by atoms with Gasteiger partial charge in [0.05, 0.1) is 12.0 Å². The van der Waals surface area contributed by atoms with E-state index in [4.69, 9.17) is 0 Å². The van der Waals surface area contributed by atoms with E-state index in [2.05, 4.69) is 0 Å². The Morgan fingerprint density at radius 3 is 2.32 bits per heavy atom. The molecule has 1 aliphatic heterocycles. The van der Waals surface area contributed by atoms with E-state index in [1.807, 2.05) is 25.1 Å². The number of halogens is 3. The number of carbonyl (C=O) groups is 2. The molecule has 1 saturated heterocycles. The number of hydrogen-bond acceptors (Lipinski definition) is 2. The zero-order valence-corrected chi connectivity index (χ0v) is 17.6. The number of piperidine rings is 1. The van der Waals surface area contributed by atoms with E-state index >= 15 is 0 Å².